The molecule has 0 spiro atoms. The molecule has 0 atom stereocenters. The smallest absolute Gasteiger partial charge is 0.243 e. The van der Waals surface area contributed by atoms with Gasteiger partial charge in [0.15, 0.2) is 0 Å². The summed E-state index contributed by atoms with van der Waals surface area (Å²) in [4.78, 5) is 2.00. The van der Waals surface area contributed by atoms with Crippen LogP contribution in [0.15, 0.2) is 23.1 Å². The molecule has 1 fully saturated rings. The van der Waals surface area contributed by atoms with E-state index >= 15 is 0 Å². The molecule has 4 rings (SSSR count). The van der Waals surface area contributed by atoms with E-state index in [4.69, 9.17) is 0 Å². The van der Waals surface area contributed by atoms with E-state index < -0.39 is 21.7 Å². The Labute approximate surface area is 157 Å². The van der Waals surface area contributed by atoms with Crippen molar-refractivity contribution in [2.75, 3.05) is 19.6 Å². The number of hydrogen-bond donors (Lipinski definition) is 0. The second-order valence-corrected chi connectivity index (χ2v) is 9.11. The van der Waals surface area contributed by atoms with E-state index in [9.17, 15) is 17.2 Å². The van der Waals surface area contributed by atoms with Crippen LogP contribution < -0.4 is 0 Å². The molecule has 0 radical (unpaired) electrons. The molecule has 2 aliphatic heterocycles. The highest BCUT2D eigenvalue weighted by Crippen LogP contribution is 2.28. The standard InChI is InChI=1S/C18H22F2N4O2S/c1-22-18-12-24(27(25,26)15-9-13(19)8-14(20)10-15)7-4-16(18)17(21-22)11-23-5-2-3-6-23/h8-10H,2-7,11-12H2,1H3. The van der Waals surface area contributed by atoms with Gasteiger partial charge in [-0.2, -0.15) is 9.40 Å². The van der Waals surface area contributed by atoms with Crippen molar-refractivity contribution in [1.29, 1.82) is 0 Å². The molecule has 2 aliphatic rings. The normalized spacial score (nSPS) is 18.8. The van der Waals surface area contributed by atoms with Gasteiger partial charge < -0.3 is 0 Å². The van der Waals surface area contributed by atoms with Crippen LogP contribution in [-0.4, -0.2) is 47.0 Å². The van der Waals surface area contributed by atoms with Crippen LogP contribution in [-0.2, 0) is 36.6 Å². The Bertz CT molecular complexity index is 948. The average molecular weight is 396 g/mol. The molecule has 0 unspecified atom stereocenters. The monoisotopic (exact) mass is 396 g/mol. The maximum absolute atomic E-state index is 13.5. The molecule has 27 heavy (non-hydrogen) atoms. The first-order chi connectivity index (χ1) is 12.8. The Balaban J connectivity index is 1.60. The highest BCUT2D eigenvalue weighted by molar-refractivity contribution is 7.89. The topological polar surface area (TPSA) is 58.4 Å². The van der Waals surface area contributed by atoms with Gasteiger partial charge in [0, 0.05) is 31.8 Å². The fraction of sp³-hybridized carbons (Fsp3) is 0.500. The van der Waals surface area contributed by atoms with Gasteiger partial charge in [0.25, 0.3) is 0 Å². The summed E-state index contributed by atoms with van der Waals surface area (Å²) in [6, 6.07) is 2.38. The largest absolute Gasteiger partial charge is 0.297 e. The zero-order valence-corrected chi connectivity index (χ0v) is 16.0. The quantitative estimate of drug-likeness (QED) is 0.794. The van der Waals surface area contributed by atoms with Gasteiger partial charge in [0.05, 0.1) is 22.8 Å². The second-order valence-electron chi connectivity index (χ2n) is 7.17. The van der Waals surface area contributed by atoms with Gasteiger partial charge in [-0.1, -0.05) is 0 Å². The van der Waals surface area contributed by atoms with E-state index in [1.54, 1.807) is 4.68 Å². The fourth-order valence-electron chi connectivity index (χ4n) is 3.94. The van der Waals surface area contributed by atoms with Crippen molar-refractivity contribution in [3.8, 4) is 0 Å². The Kier molecular flexibility index (Phi) is 4.77. The molecule has 0 bridgehead atoms. The maximum atomic E-state index is 13.5. The molecule has 9 heteroatoms. The first-order valence-electron chi connectivity index (χ1n) is 9.07. The van der Waals surface area contributed by atoms with Crippen LogP contribution in [0.5, 0.6) is 0 Å². The van der Waals surface area contributed by atoms with Crippen molar-refractivity contribution in [2.24, 2.45) is 7.05 Å². The van der Waals surface area contributed by atoms with Crippen LogP contribution in [0.3, 0.4) is 0 Å². The van der Waals surface area contributed by atoms with E-state index in [0.717, 1.165) is 48.7 Å². The van der Waals surface area contributed by atoms with Crippen molar-refractivity contribution in [2.45, 2.75) is 37.2 Å². The van der Waals surface area contributed by atoms with Crippen molar-refractivity contribution in [3.05, 3.63) is 46.8 Å². The van der Waals surface area contributed by atoms with Crippen molar-refractivity contribution >= 4 is 10.0 Å². The maximum Gasteiger partial charge on any atom is 0.243 e. The van der Waals surface area contributed by atoms with Crippen LogP contribution in [0, 0.1) is 11.6 Å². The number of benzene rings is 1. The number of rotatable bonds is 4. The van der Waals surface area contributed by atoms with Gasteiger partial charge in [0.2, 0.25) is 10.0 Å². The third-order valence-electron chi connectivity index (χ3n) is 5.34. The summed E-state index contributed by atoms with van der Waals surface area (Å²) in [5, 5.41) is 4.61. The number of fused-ring (bicyclic) bond motifs is 1. The average Bonchev–Trinajstić information content (AvgIpc) is 3.23. The number of hydrogen-bond acceptors (Lipinski definition) is 4. The minimum Gasteiger partial charge on any atom is -0.297 e. The number of aromatic nitrogens is 2. The lowest BCUT2D eigenvalue weighted by Gasteiger charge is -2.27. The summed E-state index contributed by atoms with van der Waals surface area (Å²) in [6.07, 6.45) is 2.94. The van der Waals surface area contributed by atoms with Gasteiger partial charge in [-0.15, -0.1) is 0 Å². The molecule has 3 heterocycles. The summed E-state index contributed by atoms with van der Waals surface area (Å²) in [6.45, 7) is 3.34. The number of nitrogens with zero attached hydrogens (tertiary/aromatic N) is 4. The summed E-state index contributed by atoms with van der Waals surface area (Å²) >= 11 is 0. The molecule has 0 amide bonds. The lowest BCUT2D eigenvalue weighted by molar-refractivity contribution is 0.324. The third kappa shape index (κ3) is 3.51. The van der Waals surface area contributed by atoms with Gasteiger partial charge in [-0.25, -0.2) is 17.2 Å². The molecule has 1 aromatic carbocycles. The van der Waals surface area contributed by atoms with E-state index in [1.807, 2.05) is 7.05 Å². The molecule has 0 N–H and O–H groups in total. The summed E-state index contributed by atoms with van der Waals surface area (Å²) < 4.78 is 55.7. The predicted molar refractivity (Wildman–Crippen MR) is 95.4 cm³/mol. The number of halogens is 2. The number of sulfonamides is 1. The molecule has 1 aromatic heterocycles. The lowest BCUT2D eigenvalue weighted by Crippen LogP contribution is -2.37. The van der Waals surface area contributed by atoms with Gasteiger partial charge in [-0.3, -0.25) is 9.58 Å². The first kappa shape index (κ1) is 18.5. The zero-order valence-electron chi connectivity index (χ0n) is 15.2. The van der Waals surface area contributed by atoms with E-state index in [2.05, 4.69) is 10.00 Å². The Morgan fingerprint density at radius 3 is 2.41 bits per heavy atom. The molecular weight excluding hydrogens is 374 g/mol. The number of aryl methyl sites for hydroxylation is 1. The second kappa shape index (κ2) is 6.96. The lowest BCUT2D eigenvalue weighted by atomic mass is 10.1. The Hall–Kier alpha value is -1.84. The van der Waals surface area contributed by atoms with Gasteiger partial charge in [0.1, 0.15) is 11.6 Å². The summed E-state index contributed by atoms with van der Waals surface area (Å²) in [5.41, 5.74) is 2.94. The molecule has 0 aliphatic carbocycles. The van der Waals surface area contributed by atoms with Crippen LogP contribution in [0.2, 0.25) is 0 Å². The molecule has 1 saturated heterocycles. The minimum absolute atomic E-state index is 0.152. The molecule has 146 valence electrons. The molecule has 2 aromatic rings. The fourth-order valence-corrected chi connectivity index (χ4v) is 5.39. The zero-order chi connectivity index (χ0) is 19.2. The highest BCUT2D eigenvalue weighted by atomic mass is 32.2. The number of likely N-dealkylation sites (tertiary alicyclic amines) is 1. The first-order valence-corrected chi connectivity index (χ1v) is 10.5. The van der Waals surface area contributed by atoms with Crippen LogP contribution in [0.25, 0.3) is 0 Å². The SMILES string of the molecule is Cn1nc(CN2CCCC2)c2c1CN(S(=O)(=O)c1cc(F)cc(F)c1)CC2. The Morgan fingerprint density at radius 2 is 1.74 bits per heavy atom. The van der Waals surface area contributed by atoms with Crippen molar-refractivity contribution in [3.63, 3.8) is 0 Å². The van der Waals surface area contributed by atoms with Crippen LogP contribution in [0.4, 0.5) is 8.78 Å². The van der Waals surface area contributed by atoms with E-state index in [1.165, 1.54) is 17.1 Å². The van der Waals surface area contributed by atoms with Gasteiger partial charge >= 0.3 is 0 Å². The third-order valence-corrected chi connectivity index (χ3v) is 7.16. The van der Waals surface area contributed by atoms with Gasteiger partial charge in [-0.05, 0) is 44.5 Å². The van der Waals surface area contributed by atoms with E-state index in [0.29, 0.717) is 12.5 Å². The van der Waals surface area contributed by atoms with E-state index in [-0.39, 0.29) is 18.0 Å². The van der Waals surface area contributed by atoms with Crippen LogP contribution >= 0.6 is 0 Å². The Morgan fingerprint density at radius 1 is 1.07 bits per heavy atom. The minimum atomic E-state index is -3.98. The van der Waals surface area contributed by atoms with Crippen LogP contribution in [0.1, 0.15) is 29.8 Å². The van der Waals surface area contributed by atoms with Crippen molar-refractivity contribution in [1.82, 2.24) is 19.0 Å². The summed E-state index contributed by atoms with van der Waals surface area (Å²) in [7, 11) is -2.17. The molecular formula is C18H22F2N4O2S. The molecule has 6 nitrogen and oxygen atoms in total. The highest BCUT2D eigenvalue weighted by Gasteiger charge is 2.32. The molecule has 0 saturated carbocycles. The summed E-state index contributed by atoms with van der Waals surface area (Å²) in [5.74, 6) is -1.81. The predicted octanol–water partition coefficient (Wildman–Crippen LogP) is 2.04. The van der Waals surface area contributed by atoms with Crippen molar-refractivity contribution < 1.29 is 17.2 Å².